The molecule has 0 fully saturated rings. The van der Waals surface area contributed by atoms with Crippen molar-refractivity contribution >= 4 is 5.91 Å². The number of methoxy groups -OCH3 is 2. The van der Waals surface area contributed by atoms with Crippen molar-refractivity contribution in [2.24, 2.45) is 0 Å². The quantitative estimate of drug-likeness (QED) is 0.885. The normalized spacial score (nSPS) is 10.0. The van der Waals surface area contributed by atoms with Crippen LogP contribution in [0.2, 0.25) is 0 Å². The molecule has 5 nitrogen and oxygen atoms in total. The first kappa shape index (κ1) is 14.7. The van der Waals surface area contributed by atoms with Gasteiger partial charge < -0.3 is 19.9 Å². The summed E-state index contributed by atoms with van der Waals surface area (Å²) in [5.74, 6) is 1.07. The third-order valence-electron chi connectivity index (χ3n) is 3.01. The van der Waals surface area contributed by atoms with E-state index in [1.165, 1.54) is 12.1 Å². The van der Waals surface area contributed by atoms with Crippen molar-refractivity contribution in [1.82, 2.24) is 5.32 Å². The first-order chi connectivity index (χ1) is 10.1. The van der Waals surface area contributed by atoms with Crippen molar-refractivity contribution in [1.29, 1.82) is 0 Å². The van der Waals surface area contributed by atoms with Gasteiger partial charge in [-0.25, -0.2) is 0 Å². The number of aromatic hydroxyl groups is 1. The van der Waals surface area contributed by atoms with Gasteiger partial charge in [-0.05, 0) is 35.9 Å². The molecule has 0 aromatic heterocycles. The zero-order valence-corrected chi connectivity index (χ0v) is 11.9. The Morgan fingerprint density at radius 1 is 1.10 bits per heavy atom. The molecular weight excluding hydrogens is 270 g/mol. The fourth-order valence-corrected chi connectivity index (χ4v) is 1.92. The highest BCUT2D eigenvalue weighted by Gasteiger charge is 2.08. The topological polar surface area (TPSA) is 67.8 Å². The molecule has 0 bridgehead atoms. The molecule has 0 aliphatic carbocycles. The summed E-state index contributed by atoms with van der Waals surface area (Å²) in [4.78, 5) is 12.0. The first-order valence-electron chi connectivity index (χ1n) is 6.42. The van der Waals surface area contributed by atoms with Crippen LogP contribution in [0.5, 0.6) is 17.2 Å². The van der Waals surface area contributed by atoms with Gasteiger partial charge in [0, 0.05) is 12.1 Å². The number of amides is 1. The van der Waals surface area contributed by atoms with E-state index in [1.807, 2.05) is 12.1 Å². The molecule has 5 heteroatoms. The number of nitrogens with one attached hydrogen (secondary N) is 1. The Balaban J connectivity index is 2.04. The second-order valence-electron chi connectivity index (χ2n) is 4.42. The predicted molar refractivity (Wildman–Crippen MR) is 78.8 cm³/mol. The zero-order valence-electron chi connectivity index (χ0n) is 11.9. The number of phenolic OH excluding ortho intramolecular Hbond substituents is 1. The average Bonchev–Trinajstić information content (AvgIpc) is 2.52. The lowest BCUT2D eigenvalue weighted by atomic mass is 10.1. The monoisotopic (exact) mass is 287 g/mol. The van der Waals surface area contributed by atoms with Crippen LogP contribution in [0.25, 0.3) is 0 Å². The third-order valence-corrected chi connectivity index (χ3v) is 3.01. The number of carbonyl (C=O) groups is 1. The summed E-state index contributed by atoms with van der Waals surface area (Å²) in [5, 5.41) is 12.1. The molecule has 0 heterocycles. The molecular formula is C16H17NO4. The Morgan fingerprint density at radius 3 is 2.52 bits per heavy atom. The van der Waals surface area contributed by atoms with Crippen LogP contribution in [-0.2, 0) is 6.54 Å². The van der Waals surface area contributed by atoms with Crippen molar-refractivity contribution in [3.63, 3.8) is 0 Å². The number of rotatable bonds is 5. The number of hydrogen-bond acceptors (Lipinski definition) is 4. The maximum atomic E-state index is 12.0. The van der Waals surface area contributed by atoms with E-state index in [4.69, 9.17) is 9.47 Å². The summed E-state index contributed by atoms with van der Waals surface area (Å²) in [7, 11) is 3.13. The highest BCUT2D eigenvalue weighted by molar-refractivity contribution is 5.94. The standard InChI is InChI=1S/C16H17NO4/c1-20-14-7-6-11(8-15(14)21-2)10-17-16(19)12-4-3-5-13(18)9-12/h3-9,18H,10H2,1-2H3,(H,17,19). The minimum Gasteiger partial charge on any atom is -0.508 e. The van der Waals surface area contributed by atoms with E-state index in [2.05, 4.69) is 5.32 Å². The largest absolute Gasteiger partial charge is 0.508 e. The fourth-order valence-electron chi connectivity index (χ4n) is 1.92. The van der Waals surface area contributed by atoms with Gasteiger partial charge in [-0.1, -0.05) is 12.1 Å². The van der Waals surface area contributed by atoms with Gasteiger partial charge in [0.15, 0.2) is 11.5 Å². The highest BCUT2D eigenvalue weighted by atomic mass is 16.5. The molecule has 0 aliphatic heterocycles. The molecule has 0 atom stereocenters. The van der Waals surface area contributed by atoms with Gasteiger partial charge in [-0.3, -0.25) is 4.79 Å². The van der Waals surface area contributed by atoms with E-state index in [0.717, 1.165) is 5.56 Å². The summed E-state index contributed by atoms with van der Waals surface area (Å²) in [6.45, 7) is 0.356. The smallest absolute Gasteiger partial charge is 0.251 e. The third kappa shape index (κ3) is 3.66. The number of phenols is 1. The molecule has 0 saturated carbocycles. The van der Waals surface area contributed by atoms with E-state index in [1.54, 1.807) is 32.4 Å². The lowest BCUT2D eigenvalue weighted by Crippen LogP contribution is -2.22. The summed E-state index contributed by atoms with van der Waals surface area (Å²) >= 11 is 0. The Kier molecular flexibility index (Phi) is 4.66. The second kappa shape index (κ2) is 6.65. The molecule has 2 aromatic carbocycles. The van der Waals surface area contributed by atoms with Gasteiger partial charge in [0.25, 0.3) is 5.91 Å². The minimum absolute atomic E-state index is 0.0637. The molecule has 0 aliphatic rings. The molecule has 2 N–H and O–H groups in total. The SMILES string of the molecule is COc1ccc(CNC(=O)c2cccc(O)c2)cc1OC. The van der Waals surface area contributed by atoms with E-state index in [0.29, 0.717) is 23.6 Å². The Labute approximate surface area is 123 Å². The molecule has 0 spiro atoms. The molecule has 2 rings (SSSR count). The van der Waals surface area contributed by atoms with E-state index >= 15 is 0 Å². The second-order valence-corrected chi connectivity index (χ2v) is 4.42. The van der Waals surface area contributed by atoms with Gasteiger partial charge in [0.05, 0.1) is 14.2 Å². The molecule has 0 radical (unpaired) electrons. The lowest BCUT2D eigenvalue weighted by Gasteiger charge is -2.10. The summed E-state index contributed by atoms with van der Waals surface area (Å²) in [6.07, 6.45) is 0. The van der Waals surface area contributed by atoms with Crippen LogP contribution in [0, 0.1) is 0 Å². The van der Waals surface area contributed by atoms with Crippen LogP contribution >= 0.6 is 0 Å². The Bertz CT molecular complexity index is 640. The van der Waals surface area contributed by atoms with E-state index in [9.17, 15) is 9.90 Å². The number of benzene rings is 2. The number of ether oxygens (including phenoxy) is 2. The maximum absolute atomic E-state index is 12.0. The average molecular weight is 287 g/mol. The van der Waals surface area contributed by atoms with Crippen LogP contribution in [0.1, 0.15) is 15.9 Å². The molecule has 1 amide bonds. The minimum atomic E-state index is -0.249. The van der Waals surface area contributed by atoms with Gasteiger partial charge in [-0.2, -0.15) is 0 Å². The predicted octanol–water partition coefficient (Wildman–Crippen LogP) is 2.34. The lowest BCUT2D eigenvalue weighted by molar-refractivity contribution is 0.0950. The van der Waals surface area contributed by atoms with Gasteiger partial charge >= 0.3 is 0 Å². The Morgan fingerprint density at radius 2 is 1.86 bits per heavy atom. The van der Waals surface area contributed by atoms with Crippen molar-refractivity contribution < 1.29 is 19.4 Å². The molecule has 0 saturated heterocycles. The van der Waals surface area contributed by atoms with E-state index < -0.39 is 0 Å². The highest BCUT2D eigenvalue weighted by Crippen LogP contribution is 2.27. The van der Waals surface area contributed by atoms with Crippen LogP contribution < -0.4 is 14.8 Å². The molecule has 0 unspecified atom stereocenters. The zero-order chi connectivity index (χ0) is 15.2. The van der Waals surface area contributed by atoms with Gasteiger partial charge in [-0.15, -0.1) is 0 Å². The van der Waals surface area contributed by atoms with Crippen LogP contribution in [-0.4, -0.2) is 25.2 Å². The molecule has 21 heavy (non-hydrogen) atoms. The van der Waals surface area contributed by atoms with Gasteiger partial charge in [0.2, 0.25) is 0 Å². The molecule has 110 valence electrons. The van der Waals surface area contributed by atoms with Gasteiger partial charge in [0.1, 0.15) is 5.75 Å². The van der Waals surface area contributed by atoms with Crippen molar-refractivity contribution in [2.45, 2.75) is 6.54 Å². The fraction of sp³-hybridized carbons (Fsp3) is 0.188. The maximum Gasteiger partial charge on any atom is 0.251 e. The van der Waals surface area contributed by atoms with Crippen molar-refractivity contribution in [3.05, 3.63) is 53.6 Å². The number of hydrogen-bond donors (Lipinski definition) is 2. The summed E-state index contributed by atoms with van der Waals surface area (Å²) in [5.41, 5.74) is 1.30. The van der Waals surface area contributed by atoms with Crippen molar-refractivity contribution in [2.75, 3.05) is 14.2 Å². The van der Waals surface area contributed by atoms with Crippen LogP contribution in [0.4, 0.5) is 0 Å². The van der Waals surface area contributed by atoms with Crippen molar-refractivity contribution in [3.8, 4) is 17.2 Å². The van der Waals surface area contributed by atoms with Crippen LogP contribution in [0.15, 0.2) is 42.5 Å². The summed E-state index contributed by atoms with van der Waals surface area (Å²) < 4.78 is 10.4. The first-order valence-corrected chi connectivity index (χ1v) is 6.42. The Hall–Kier alpha value is -2.69. The molecule has 2 aromatic rings. The number of carbonyl (C=O) groups excluding carboxylic acids is 1. The van der Waals surface area contributed by atoms with E-state index in [-0.39, 0.29) is 11.7 Å². The van der Waals surface area contributed by atoms with Crippen LogP contribution in [0.3, 0.4) is 0 Å². The summed E-state index contributed by atoms with van der Waals surface area (Å²) in [6, 6.07) is 11.7.